The van der Waals surface area contributed by atoms with Gasteiger partial charge in [0.15, 0.2) is 0 Å². The zero-order valence-electron chi connectivity index (χ0n) is 13.5. The van der Waals surface area contributed by atoms with E-state index < -0.39 is 10.0 Å². The van der Waals surface area contributed by atoms with Gasteiger partial charge in [-0.1, -0.05) is 6.42 Å². The van der Waals surface area contributed by atoms with Crippen molar-refractivity contribution in [2.24, 2.45) is 0 Å². The zero-order valence-corrected chi connectivity index (χ0v) is 14.4. The second-order valence-corrected chi connectivity index (χ2v) is 7.29. The molecule has 0 bridgehead atoms. The van der Waals surface area contributed by atoms with E-state index in [9.17, 15) is 8.42 Å². The number of sulfonamides is 1. The predicted octanol–water partition coefficient (Wildman–Crippen LogP) is 3.05. The summed E-state index contributed by atoms with van der Waals surface area (Å²) in [5, 5.41) is 0. The molecule has 0 radical (unpaired) electrons. The molecule has 0 spiro atoms. The topological polar surface area (TPSA) is 55.8 Å². The summed E-state index contributed by atoms with van der Waals surface area (Å²) in [4.78, 5) is 0.203. The quantitative estimate of drug-likeness (QED) is 0.806. The van der Waals surface area contributed by atoms with Crippen molar-refractivity contribution in [2.45, 2.75) is 51.0 Å². The number of benzene rings is 1. The minimum Gasteiger partial charge on any atom is -0.494 e. The van der Waals surface area contributed by atoms with Crippen LogP contribution in [0.2, 0.25) is 0 Å². The van der Waals surface area contributed by atoms with E-state index in [1.54, 1.807) is 22.5 Å². The van der Waals surface area contributed by atoms with E-state index in [1.165, 1.54) is 0 Å². The Kier molecular flexibility index (Phi) is 5.69. The molecule has 0 N–H and O–H groups in total. The average Bonchev–Trinajstić information content (AvgIpc) is 2.49. The molecule has 22 heavy (non-hydrogen) atoms. The van der Waals surface area contributed by atoms with Crippen molar-refractivity contribution >= 4 is 10.0 Å². The summed E-state index contributed by atoms with van der Waals surface area (Å²) in [6.45, 7) is 7.16. The maximum Gasteiger partial charge on any atom is 0.247 e. The van der Waals surface area contributed by atoms with E-state index in [-0.39, 0.29) is 10.9 Å². The minimum absolute atomic E-state index is 0.0176. The fourth-order valence-corrected chi connectivity index (χ4v) is 4.62. The van der Waals surface area contributed by atoms with Gasteiger partial charge in [0.1, 0.15) is 16.4 Å². The van der Waals surface area contributed by atoms with Gasteiger partial charge in [0.25, 0.3) is 0 Å². The Balaban J connectivity index is 2.44. The van der Waals surface area contributed by atoms with Crippen LogP contribution >= 0.6 is 0 Å². The van der Waals surface area contributed by atoms with Gasteiger partial charge in [-0.25, -0.2) is 8.42 Å². The summed E-state index contributed by atoms with van der Waals surface area (Å²) in [5.74, 6) is 0.943. The molecule has 2 rings (SSSR count). The van der Waals surface area contributed by atoms with Crippen molar-refractivity contribution in [2.75, 3.05) is 19.8 Å². The molecule has 1 fully saturated rings. The monoisotopic (exact) mass is 327 g/mol. The maximum absolute atomic E-state index is 13.0. The van der Waals surface area contributed by atoms with Crippen LogP contribution in [0.1, 0.15) is 40.0 Å². The number of hydrogen-bond acceptors (Lipinski definition) is 4. The van der Waals surface area contributed by atoms with Crippen LogP contribution in [-0.4, -0.2) is 38.5 Å². The van der Waals surface area contributed by atoms with Crippen LogP contribution in [0.15, 0.2) is 23.1 Å². The van der Waals surface area contributed by atoms with Crippen LogP contribution in [0.5, 0.6) is 11.5 Å². The molecule has 0 aliphatic carbocycles. The van der Waals surface area contributed by atoms with Gasteiger partial charge in [0.05, 0.1) is 13.2 Å². The SMILES string of the molecule is CCOc1ccc(OCC)c(S(=O)(=O)N2CCCC[C@H]2C)c1. The molecule has 1 aliphatic rings. The molecule has 6 heteroatoms. The van der Waals surface area contributed by atoms with Gasteiger partial charge in [-0.05, 0) is 45.7 Å². The first kappa shape index (κ1) is 17.1. The molecule has 0 amide bonds. The van der Waals surface area contributed by atoms with Crippen LogP contribution in [0.25, 0.3) is 0 Å². The second-order valence-electron chi connectivity index (χ2n) is 5.44. The Morgan fingerprint density at radius 2 is 1.91 bits per heavy atom. The molecule has 1 aromatic carbocycles. The third-order valence-corrected chi connectivity index (χ3v) is 5.89. The molecule has 124 valence electrons. The van der Waals surface area contributed by atoms with Crippen molar-refractivity contribution in [3.63, 3.8) is 0 Å². The summed E-state index contributed by atoms with van der Waals surface area (Å²) in [6.07, 6.45) is 2.87. The molecular formula is C16H25NO4S. The fourth-order valence-electron chi connectivity index (χ4n) is 2.78. The van der Waals surface area contributed by atoms with Gasteiger partial charge in [0, 0.05) is 18.7 Å². The fraction of sp³-hybridized carbons (Fsp3) is 0.625. The number of nitrogens with zero attached hydrogens (tertiary/aromatic N) is 1. The first-order chi connectivity index (χ1) is 10.5. The summed E-state index contributed by atoms with van der Waals surface area (Å²) in [7, 11) is -3.58. The summed E-state index contributed by atoms with van der Waals surface area (Å²) < 4.78 is 38.6. The highest BCUT2D eigenvalue weighted by Crippen LogP contribution is 2.33. The van der Waals surface area contributed by atoms with Crippen LogP contribution < -0.4 is 9.47 Å². The summed E-state index contributed by atoms with van der Waals surface area (Å²) in [6, 6.07) is 5.01. The number of ether oxygens (including phenoxy) is 2. The average molecular weight is 327 g/mol. The van der Waals surface area contributed by atoms with Gasteiger partial charge in [-0.3, -0.25) is 0 Å². The van der Waals surface area contributed by atoms with E-state index in [2.05, 4.69) is 0 Å². The van der Waals surface area contributed by atoms with Crippen molar-refractivity contribution in [3.05, 3.63) is 18.2 Å². The first-order valence-electron chi connectivity index (χ1n) is 7.92. The van der Waals surface area contributed by atoms with Gasteiger partial charge in [-0.2, -0.15) is 4.31 Å². The Bertz CT molecular complexity index is 600. The maximum atomic E-state index is 13.0. The lowest BCUT2D eigenvalue weighted by molar-refractivity contribution is 0.266. The third kappa shape index (κ3) is 3.55. The van der Waals surface area contributed by atoms with Crippen molar-refractivity contribution in [3.8, 4) is 11.5 Å². The standard InChI is InChI=1S/C16H25NO4S/c1-4-20-14-9-10-15(21-5-2)16(12-14)22(18,19)17-11-7-6-8-13(17)3/h9-10,12-13H,4-8,11H2,1-3H3/t13-/m1/s1. The molecule has 1 saturated heterocycles. The van der Waals surface area contributed by atoms with Gasteiger partial charge in [0.2, 0.25) is 10.0 Å². The molecule has 1 aliphatic heterocycles. The molecule has 5 nitrogen and oxygen atoms in total. The van der Waals surface area contributed by atoms with Crippen molar-refractivity contribution in [1.29, 1.82) is 0 Å². The number of piperidine rings is 1. The summed E-state index contributed by atoms with van der Waals surface area (Å²) >= 11 is 0. The smallest absolute Gasteiger partial charge is 0.247 e. The van der Waals surface area contributed by atoms with Gasteiger partial charge < -0.3 is 9.47 Å². The normalized spacial score (nSPS) is 19.9. The van der Waals surface area contributed by atoms with Crippen molar-refractivity contribution in [1.82, 2.24) is 4.31 Å². The van der Waals surface area contributed by atoms with Crippen LogP contribution in [-0.2, 0) is 10.0 Å². The van der Waals surface area contributed by atoms with Gasteiger partial charge in [-0.15, -0.1) is 0 Å². The van der Waals surface area contributed by atoms with Crippen LogP contribution in [0, 0.1) is 0 Å². The molecule has 1 aromatic rings. The minimum atomic E-state index is -3.58. The molecule has 1 atom stereocenters. The first-order valence-corrected chi connectivity index (χ1v) is 9.36. The third-order valence-electron chi connectivity index (χ3n) is 3.85. The highest BCUT2D eigenvalue weighted by molar-refractivity contribution is 7.89. The number of hydrogen-bond donors (Lipinski definition) is 0. The zero-order chi connectivity index (χ0) is 16.2. The lowest BCUT2D eigenvalue weighted by Gasteiger charge is -2.32. The number of rotatable bonds is 6. The second kappa shape index (κ2) is 7.33. The highest BCUT2D eigenvalue weighted by Gasteiger charge is 2.33. The van der Waals surface area contributed by atoms with Gasteiger partial charge >= 0.3 is 0 Å². The largest absolute Gasteiger partial charge is 0.494 e. The van der Waals surface area contributed by atoms with E-state index in [0.29, 0.717) is 31.3 Å². The molecule has 1 heterocycles. The molecule has 0 unspecified atom stereocenters. The lowest BCUT2D eigenvalue weighted by Crippen LogP contribution is -2.42. The molecule has 0 saturated carbocycles. The van der Waals surface area contributed by atoms with E-state index in [0.717, 1.165) is 19.3 Å². The summed E-state index contributed by atoms with van der Waals surface area (Å²) in [5.41, 5.74) is 0. The van der Waals surface area contributed by atoms with E-state index in [4.69, 9.17) is 9.47 Å². The van der Waals surface area contributed by atoms with Crippen LogP contribution in [0.4, 0.5) is 0 Å². The Labute approximate surface area is 133 Å². The molecule has 0 aromatic heterocycles. The van der Waals surface area contributed by atoms with E-state index in [1.807, 2.05) is 20.8 Å². The Morgan fingerprint density at radius 3 is 2.55 bits per heavy atom. The molecular weight excluding hydrogens is 302 g/mol. The lowest BCUT2D eigenvalue weighted by atomic mass is 10.1. The highest BCUT2D eigenvalue weighted by atomic mass is 32.2. The van der Waals surface area contributed by atoms with Crippen LogP contribution in [0.3, 0.4) is 0 Å². The van der Waals surface area contributed by atoms with E-state index >= 15 is 0 Å². The predicted molar refractivity (Wildman–Crippen MR) is 86.0 cm³/mol. The Hall–Kier alpha value is -1.27. The van der Waals surface area contributed by atoms with Crippen molar-refractivity contribution < 1.29 is 17.9 Å². The Morgan fingerprint density at radius 1 is 1.18 bits per heavy atom.